The van der Waals surface area contributed by atoms with Gasteiger partial charge in [0.2, 0.25) is 0 Å². The van der Waals surface area contributed by atoms with Crippen LogP contribution in [0.3, 0.4) is 0 Å². The highest BCUT2D eigenvalue weighted by atomic mass is 16.5. The molecule has 1 saturated carbocycles. The number of rotatable bonds is 5. The van der Waals surface area contributed by atoms with Gasteiger partial charge in [-0.15, -0.1) is 0 Å². The van der Waals surface area contributed by atoms with Gasteiger partial charge in [0, 0.05) is 12.6 Å². The minimum Gasteiger partial charge on any atom is -0.374 e. The summed E-state index contributed by atoms with van der Waals surface area (Å²) in [6.07, 6.45) is 2.66. The minimum absolute atomic E-state index is 0.124. The lowest BCUT2D eigenvalue weighted by Crippen LogP contribution is -2.58. The van der Waals surface area contributed by atoms with Gasteiger partial charge in [0.25, 0.3) is 0 Å². The van der Waals surface area contributed by atoms with E-state index in [1.54, 1.807) is 0 Å². The van der Waals surface area contributed by atoms with Crippen LogP contribution in [0.5, 0.6) is 0 Å². The Morgan fingerprint density at radius 1 is 1.46 bits per heavy atom. The summed E-state index contributed by atoms with van der Waals surface area (Å²) in [5, 5.41) is 0. The Balaban J connectivity index is 2.27. The third-order valence-electron chi connectivity index (χ3n) is 2.63. The molecule has 1 aliphatic rings. The molecule has 0 radical (unpaired) electrons. The zero-order valence-electron chi connectivity index (χ0n) is 8.82. The maximum atomic E-state index is 5.81. The standard InChI is InChI=1S/C10H21NO2/c1-4-7(3)13-9-6-8(11)10(9)12-5-2/h7-10H,4-6,11H2,1-3H3. The zero-order chi connectivity index (χ0) is 9.84. The average molecular weight is 187 g/mol. The molecule has 3 nitrogen and oxygen atoms in total. The van der Waals surface area contributed by atoms with Gasteiger partial charge in [-0.2, -0.15) is 0 Å². The SMILES string of the molecule is CCOC1C(N)CC1OC(C)CC. The van der Waals surface area contributed by atoms with Gasteiger partial charge in [0.1, 0.15) is 0 Å². The molecule has 1 aliphatic carbocycles. The van der Waals surface area contributed by atoms with Gasteiger partial charge < -0.3 is 15.2 Å². The third kappa shape index (κ3) is 2.66. The third-order valence-corrected chi connectivity index (χ3v) is 2.63. The fourth-order valence-corrected chi connectivity index (χ4v) is 1.57. The van der Waals surface area contributed by atoms with Crippen molar-refractivity contribution in [2.24, 2.45) is 5.73 Å². The highest BCUT2D eigenvalue weighted by Gasteiger charge is 2.40. The highest BCUT2D eigenvalue weighted by Crippen LogP contribution is 2.27. The molecule has 0 saturated heterocycles. The van der Waals surface area contributed by atoms with E-state index in [4.69, 9.17) is 15.2 Å². The first-order valence-electron chi connectivity index (χ1n) is 5.21. The fourth-order valence-electron chi connectivity index (χ4n) is 1.57. The topological polar surface area (TPSA) is 44.5 Å². The monoisotopic (exact) mass is 187 g/mol. The summed E-state index contributed by atoms with van der Waals surface area (Å²) in [5.74, 6) is 0. The Morgan fingerprint density at radius 3 is 2.62 bits per heavy atom. The van der Waals surface area contributed by atoms with Gasteiger partial charge in [-0.25, -0.2) is 0 Å². The van der Waals surface area contributed by atoms with Gasteiger partial charge in [-0.1, -0.05) is 6.92 Å². The first-order chi connectivity index (χ1) is 6.19. The van der Waals surface area contributed by atoms with Crippen molar-refractivity contribution >= 4 is 0 Å². The van der Waals surface area contributed by atoms with Crippen molar-refractivity contribution < 1.29 is 9.47 Å². The number of nitrogens with two attached hydrogens (primary N) is 1. The average Bonchev–Trinajstić information content (AvgIpc) is 2.13. The summed E-state index contributed by atoms with van der Waals surface area (Å²) < 4.78 is 11.3. The van der Waals surface area contributed by atoms with Gasteiger partial charge in [0.05, 0.1) is 18.3 Å². The minimum atomic E-state index is 0.124. The summed E-state index contributed by atoms with van der Waals surface area (Å²) in [5.41, 5.74) is 5.81. The van der Waals surface area contributed by atoms with Crippen molar-refractivity contribution in [1.82, 2.24) is 0 Å². The van der Waals surface area contributed by atoms with Gasteiger partial charge in [-0.3, -0.25) is 0 Å². The van der Waals surface area contributed by atoms with Crippen LogP contribution in [0.1, 0.15) is 33.6 Å². The van der Waals surface area contributed by atoms with Crippen molar-refractivity contribution in [2.75, 3.05) is 6.61 Å². The zero-order valence-corrected chi connectivity index (χ0v) is 8.82. The second kappa shape index (κ2) is 4.94. The lowest BCUT2D eigenvalue weighted by molar-refractivity contribution is -0.156. The van der Waals surface area contributed by atoms with Crippen LogP contribution in [-0.4, -0.2) is 31.0 Å². The molecule has 3 heteroatoms. The van der Waals surface area contributed by atoms with Crippen LogP contribution < -0.4 is 5.73 Å². The van der Waals surface area contributed by atoms with Crippen LogP contribution in [0, 0.1) is 0 Å². The van der Waals surface area contributed by atoms with E-state index >= 15 is 0 Å². The van der Waals surface area contributed by atoms with E-state index in [-0.39, 0.29) is 18.2 Å². The number of ether oxygens (including phenoxy) is 2. The van der Waals surface area contributed by atoms with Crippen LogP contribution in [0.15, 0.2) is 0 Å². The number of hydrogen-bond donors (Lipinski definition) is 1. The molecule has 0 aromatic heterocycles. The summed E-state index contributed by atoms with van der Waals surface area (Å²) >= 11 is 0. The molecule has 0 aliphatic heterocycles. The van der Waals surface area contributed by atoms with Crippen molar-refractivity contribution in [3.63, 3.8) is 0 Å². The van der Waals surface area contributed by atoms with E-state index in [9.17, 15) is 0 Å². The highest BCUT2D eigenvalue weighted by molar-refractivity contribution is 4.95. The maximum Gasteiger partial charge on any atom is 0.0988 e. The molecule has 4 atom stereocenters. The normalized spacial score (nSPS) is 35.5. The van der Waals surface area contributed by atoms with Crippen LogP contribution >= 0.6 is 0 Å². The second-order valence-corrected chi connectivity index (χ2v) is 3.71. The van der Waals surface area contributed by atoms with Crippen LogP contribution in [0.25, 0.3) is 0 Å². The smallest absolute Gasteiger partial charge is 0.0988 e. The lowest BCUT2D eigenvalue weighted by Gasteiger charge is -2.42. The Labute approximate surface area is 80.6 Å². The largest absolute Gasteiger partial charge is 0.374 e. The van der Waals surface area contributed by atoms with Crippen molar-refractivity contribution in [2.45, 2.75) is 58.0 Å². The molecule has 0 aromatic rings. The summed E-state index contributed by atoms with van der Waals surface area (Å²) in [7, 11) is 0. The predicted molar refractivity (Wildman–Crippen MR) is 52.6 cm³/mol. The molecule has 13 heavy (non-hydrogen) atoms. The molecule has 4 unspecified atom stereocenters. The Bertz CT molecular complexity index is 152. The summed E-state index contributed by atoms with van der Waals surface area (Å²) in [6, 6.07) is 0.175. The molecule has 2 N–H and O–H groups in total. The molecule has 1 rings (SSSR count). The Kier molecular flexibility index (Phi) is 4.16. The van der Waals surface area contributed by atoms with Crippen molar-refractivity contribution in [1.29, 1.82) is 0 Å². The molecule has 1 fully saturated rings. The molecule has 0 bridgehead atoms. The van der Waals surface area contributed by atoms with Crippen LogP contribution in [0.4, 0.5) is 0 Å². The Morgan fingerprint density at radius 2 is 2.15 bits per heavy atom. The molecule has 0 aromatic carbocycles. The molecule has 0 amide bonds. The van der Waals surface area contributed by atoms with Gasteiger partial charge >= 0.3 is 0 Å². The van der Waals surface area contributed by atoms with E-state index in [1.807, 2.05) is 6.92 Å². The van der Waals surface area contributed by atoms with E-state index < -0.39 is 0 Å². The quantitative estimate of drug-likeness (QED) is 0.705. The molecule has 78 valence electrons. The molecule has 0 heterocycles. The van der Waals surface area contributed by atoms with E-state index in [2.05, 4.69) is 13.8 Å². The first-order valence-corrected chi connectivity index (χ1v) is 5.21. The van der Waals surface area contributed by atoms with Crippen LogP contribution in [0.2, 0.25) is 0 Å². The number of hydrogen-bond acceptors (Lipinski definition) is 3. The predicted octanol–water partition coefficient (Wildman–Crippen LogP) is 1.31. The molecule has 0 spiro atoms. The van der Waals surface area contributed by atoms with E-state index in [0.29, 0.717) is 6.10 Å². The van der Waals surface area contributed by atoms with Gasteiger partial charge in [0.15, 0.2) is 0 Å². The fraction of sp³-hybridized carbons (Fsp3) is 1.00. The van der Waals surface area contributed by atoms with E-state index in [0.717, 1.165) is 19.4 Å². The van der Waals surface area contributed by atoms with Gasteiger partial charge in [-0.05, 0) is 26.7 Å². The van der Waals surface area contributed by atoms with Crippen LogP contribution in [-0.2, 0) is 9.47 Å². The van der Waals surface area contributed by atoms with Crippen molar-refractivity contribution in [3.8, 4) is 0 Å². The summed E-state index contributed by atoms with van der Waals surface area (Å²) in [4.78, 5) is 0. The Hall–Kier alpha value is -0.120. The second-order valence-electron chi connectivity index (χ2n) is 3.71. The van der Waals surface area contributed by atoms with E-state index in [1.165, 1.54) is 0 Å². The van der Waals surface area contributed by atoms with Crippen molar-refractivity contribution in [3.05, 3.63) is 0 Å². The maximum absolute atomic E-state index is 5.81. The first kappa shape index (κ1) is 11.0. The lowest BCUT2D eigenvalue weighted by atomic mass is 9.86. The molecular weight excluding hydrogens is 166 g/mol. The molecular formula is C10H21NO2. The summed E-state index contributed by atoms with van der Waals surface area (Å²) in [6.45, 7) is 6.93.